The van der Waals surface area contributed by atoms with Crippen LogP contribution >= 0.6 is 23.1 Å². The maximum absolute atomic E-state index is 12.4. The largest absolute Gasteiger partial charge is 0.497 e. The molecule has 144 valence electrons. The third-order valence-electron chi connectivity index (χ3n) is 4.24. The Balaban J connectivity index is 1.50. The van der Waals surface area contributed by atoms with E-state index in [4.69, 9.17) is 4.74 Å². The van der Waals surface area contributed by atoms with Gasteiger partial charge in [0.25, 0.3) is 0 Å². The minimum Gasteiger partial charge on any atom is -0.497 e. The SMILES string of the molecule is COc1ccc2cc(C#N)c(SCC(=O)Nc3nc4ccc(C)cc4s3)nc2c1. The molecule has 0 aliphatic heterocycles. The highest BCUT2D eigenvalue weighted by atomic mass is 32.2. The molecule has 0 saturated heterocycles. The minimum absolute atomic E-state index is 0.131. The lowest BCUT2D eigenvalue weighted by molar-refractivity contribution is -0.113. The van der Waals surface area contributed by atoms with Crippen LogP contribution < -0.4 is 10.1 Å². The van der Waals surface area contributed by atoms with E-state index in [0.29, 0.717) is 27.0 Å². The van der Waals surface area contributed by atoms with Crippen LogP contribution in [0, 0.1) is 18.3 Å². The molecule has 0 bridgehead atoms. The average molecular weight is 421 g/mol. The van der Waals surface area contributed by atoms with Crippen LogP contribution in [0.3, 0.4) is 0 Å². The lowest BCUT2D eigenvalue weighted by Gasteiger charge is -2.07. The number of amides is 1. The normalized spacial score (nSPS) is 10.8. The third-order valence-corrected chi connectivity index (χ3v) is 6.17. The van der Waals surface area contributed by atoms with E-state index in [1.165, 1.54) is 23.1 Å². The van der Waals surface area contributed by atoms with Gasteiger partial charge in [-0.1, -0.05) is 29.2 Å². The summed E-state index contributed by atoms with van der Waals surface area (Å²) in [6.07, 6.45) is 0. The van der Waals surface area contributed by atoms with Gasteiger partial charge in [-0.15, -0.1) is 0 Å². The molecule has 0 aliphatic carbocycles. The van der Waals surface area contributed by atoms with Crippen molar-refractivity contribution < 1.29 is 9.53 Å². The number of methoxy groups -OCH3 is 1. The van der Waals surface area contributed by atoms with E-state index in [0.717, 1.165) is 21.2 Å². The molecule has 2 aromatic heterocycles. The number of carbonyl (C=O) groups excluding carboxylic acids is 1. The predicted octanol–water partition coefficient (Wildman–Crippen LogP) is 4.76. The van der Waals surface area contributed by atoms with E-state index >= 15 is 0 Å². The van der Waals surface area contributed by atoms with Crippen molar-refractivity contribution in [2.45, 2.75) is 11.9 Å². The molecule has 6 nitrogen and oxygen atoms in total. The number of hydrogen-bond donors (Lipinski definition) is 1. The average Bonchev–Trinajstić information content (AvgIpc) is 3.12. The van der Waals surface area contributed by atoms with Crippen LogP contribution in [-0.2, 0) is 4.79 Å². The molecule has 0 aliphatic rings. The summed E-state index contributed by atoms with van der Waals surface area (Å²) in [6.45, 7) is 2.02. The van der Waals surface area contributed by atoms with Crippen LogP contribution in [-0.4, -0.2) is 28.7 Å². The first-order chi connectivity index (χ1) is 14.1. The molecule has 2 heterocycles. The number of nitrogens with zero attached hydrogens (tertiary/aromatic N) is 3. The Labute approximate surface area is 175 Å². The molecule has 2 aromatic carbocycles. The molecule has 0 unspecified atom stereocenters. The van der Waals surface area contributed by atoms with Gasteiger partial charge in [-0.2, -0.15) is 5.26 Å². The number of benzene rings is 2. The van der Waals surface area contributed by atoms with E-state index in [2.05, 4.69) is 21.4 Å². The fraction of sp³-hybridized carbons (Fsp3) is 0.143. The van der Waals surface area contributed by atoms with Gasteiger partial charge >= 0.3 is 0 Å². The first-order valence-corrected chi connectivity index (χ1v) is 10.5. The molecule has 0 saturated carbocycles. The van der Waals surface area contributed by atoms with Gasteiger partial charge in [0.1, 0.15) is 16.8 Å². The first-order valence-electron chi connectivity index (χ1n) is 8.74. The zero-order valence-electron chi connectivity index (χ0n) is 15.7. The van der Waals surface area contributed by atoms with Gasteiger partial charge in [0.2, 0.25) is 5.91 Å². The summed E-state index contributed by atoms with van der Waals surface area (Å²) < 4.78 is 6.27. The van der Waals surface area contributed by atoms with Crippen molar-refractivity contribution in [1.29, 1.82) is 5.26 Å². The number of ether oxygens (including phenoxy) is 1. The predicted molar refractivity (Wildman–Crippen MR) is 117 cm³/mol. The monoisotopic (exact) mass is 420 g/mol. The topological polar surface area (TPSA) is 87.9 Å². The molecule has 4 aromatic rings. The molecular weight excluding hydrogens is 404 g/mol. The number of thiazole rings is 1. The van der Waals surface area contributed by atoms with E-state index in [1.54, 1.807) is 13.2 Å². The van der Waals surface area contributed by atoms with E-state index in [-0.39, 0.29) is 11.7 Å². The Morgan fingerprint density at radius 2 is 2.07 bits per heavy atom. The number of anilines is 1. The third kappa shape index (κ3) is 4.16. The summed E-state index contributed by atoms with van der Waals surface area (Å²) in [4.78, 5) is 21.4. The van der Waals surface area contributed by atoms with Crippen LogP contribution in [0.5, 0.6) is 5.75 Å². The van der Waals surface area contributed by atoms with Crippen LogP contribution in [0.2, 0.25) is 0 Å². The van der Waals surface area contributed by atoms with Gasteiger partial charge in [-0.25, -0.2) is 9.97 Å². The molecule has 0 atom stereocenters. The van der Waals surface area contributed by atoms with Gasteiger partial charge < -0.3 is 10.1 Å². The van der Waals surface area contributed by atoms with Crippen molar-refractivity contribution in [1.82, 2.24) is 9.97 Å². The number of pyridine rings is 1. The molecule has 0 spiro atoms. The molecule has 4 rings (SSSR count). The number of carbonyl (C=O) groups is 1. The summed E-state index contributed by atoms with van der Waals surface area (Å²) in [5.74, 6) is 0.628. The number of aryl methyl sites for hydroxylation is 1. The summed E-state index contributed by atoms with van der Waals surface area (Å²) >= 11 is 2.67. The Bertz CT molecular complexity index is 1280. The number of nitriles is 1. The molecule has 29 heavy (non-hydrogen) atoms. The highest BCUT2D eigenvalue weighted by Crippen LogP contribution is 2.29. The lowest BCUT2D eigenvalue weighted by Crippen LogP contribution is -2.14. The molecule has 1 amide bonds. The molecule has 1 N–H and O–H groups in total. The number of thioether (sulfide) groups is 1. The van der Waals surface area contributed by atoms with Crippen molar-refractivity contribution in [3.63, 3.8) is 0 Å². The Morgan fingerprint density at radius 3 is 2.86 bits per heavy atom. The van der Waals surface area contributed by atoms with E-state index < -0.39 is 0 Å². The first kappa shape index (κ1) is 19.2. The number of nitrogens with one attached hydrogen (secondary N) is 1. The maximum Gasteiger partial charge on any atom is 0.236 e. The lowest BCUT2D eigenvalue weighted by atomic mass is 10.1. The quantitative estimate of drug-likeness (QED) is 0.468. The maximum atomic E-state index is 12.4. The standard InChI is InChI=1S/C21H16N4O2S2/c1-12-3-6-16-18(7-12)29-21(24-16)25-19(26)11-28-20-14(10-22)8-13-4-5-15(27-2)9-17(13)23-20/h3-9H,11H2,1-2H3,(H,24,25,26). The smallest absolute Gasteiger partial charge is 0.236 e. The molecule has 8 heteroatoms. The van der Waals surface area contributed by atoms with Crippen LogP contribution in [0.25, 0.3) is 21.1 Å². The number of aromatic nitrogens is 2. The van der Waals surface area contributed by atoms with Crippen LogP contribution in [0.15, 0.2) is 47.5 Å². The summed E-state index contributed by atoms with van der Waals surface area (Å²) in [7, 11) is 1.59. The number of rotatable bonds is 5. The molecule has 0 radical (unpaired) electrons. The molecule has 0 fully saturated rings. The van der Waals surface area contributed by atoms with Crippen LogP contribution in [0.4, 0.5) is 5.13 Å². The Hall–Kier alpha value is -3.15. The minimum atomic E-state index is -0.192. The van der Waals surface area contributed by atoms with Crippen molar-refractivity contribution in [3.05, 3.63) is 53.6 Å². The fourth-order valence-electron chi connectivity index (χ4n) is 2.82. The van der Waals surface area contributed by atoms with Crippen molar-refractivity contribution >= 4 is 55.3 Å². The second-order valence-corrected chi connectivity index (χ2v) is 8.33. The zero-order valence-corrected chi connectivity index (χ0v) is 17.4. The summed E-state index contributed by atoms with van der Waals surface area (Å²) in [6, 6.07) is 15.4. The van der Waals surface area contributed by atoms with E-state index in [1.807, 2.05) is 43.3 Å². The van der Waals surface area contributed by atoms with Gasteiger partial charge in [-0.3, -0.25) is 4.79 Å². The van der Waals surface area contributed by atoms with Crippen molar-refractivity contribution in [2.75, 3.05) is 18.2 Å². The van der Waals surface area contributed by atoms with Gasteiger partial charge in [0.05, 0.1) is 34.2 Å². The molecular formula is C21H16N4O2S2. The second-order valence-electron chi connectivity index (χ2n) is 6.34. The van der Waals surface area contributed by atoms with Gasteiger partial charge in [0.15, 0.2) is 5.13 Å². The van der Waals surface area contributed by atoms with Crippen molar-refractivity contribution in [3.8, 4) is 11.8 Å². The zero-order chi connectivity index (χ0) is 20.4. The van der Waals surface area contributed by atoms with Gasteiger partial charge in [0, 0.05) is 11.5 Å². The summed E-state index contributed by atoms with van der Waals surface area (Å²) in [5.41, 5.74) is 3.17. The highest BCUT2D eigenvalue weighted by molar-refractivity contribution is 8.00. The number of fused-ring (bicyclic) bond motifs is 2. The highest BCUT2D eigenvalue weighted by Gasteiger charge is 2.13. The second kappa shape index (κ2) is 8.07. The van der Waals surface area contributed by atoms with E-state index in [9.17, 15) is 10.1 Å². The van der Waals surface area contributed by atoms with Crippen LogP contribution in [0.1, 0.15) is 11.1 Å². The Morgan fingerprint density at radius 1 is 1.21 bits per heavy atom. The Kier molecular flexibility index (Phi) is 5.34. The fourth-order valence-corrected chi connectivity index (χ4v) is 4.56. The van der Waals surface area contributed by atoms with Crippen molar-refractivity contribution in [2.24, 2.45) is 0 Å². The summed E-state index contributed by atoms with van der Waals surface area (Å²) in [5, 5.41) is 14.2. The van der Waals surface area contributed by atoms with Gasteiger partial charge in [-0.05, 0) is 42.8 Å². The number of hydrogen-bond acceptors (Lipinski definition) is 7.